The number of fused-ring (bicyclic) bond motifs is 1. The van der Waals surface area contributed by atoms with E-state index in [4.69, 9.17) is 16.3 Å². The lowest BCUT2D eigenvalue weighted by molar-refractivity contribution is 0.483. The van der Waals surface area contributed by atoms with Crippen molar-refractivity contribution in [3.8, 4) is 11.5 Å². The Morgan fingerprint density at radius 1 is 0.875 bits per heavy atom. The van der Waals surface area contributed by atoms with Crippen LogP contribution in [0.2, 0.25) is 5.28 Å². The highest BCUT2D eigenvalue weighted by Crippen LogP contribution is 2.27. The summed E-state index contributed by atoms with van der Waals surface area (Å²) in [5.74, 6) is 2.22. The van der Waals surface area contributed by atoms with Crippen molar-refractivity contribution in [2.75, 3.05) is 5.32 Å². The zero-order chi connectivity index (χ0) is 16.4. The summed E-state index contributed by atoms with van der Waals surface area (Å²) in [5.41, 5.74) is 1.58. The van der Waals surface area contributed by atoms with Crippen LogP contribution in [0.3, 0.4) is 0 Å². The molecule has 0 saturated carbocycles. The minimum atomic E-state index is 0.191. The second-order valence-corrected chi connectivity index (χ2v) is 5.48. The molecule has 4 aromatic rings. The number of para-hydroxylation sites is 1. The van der Waals surface area contributed by atoms with Crippen molar-refractivity contribution in [2.24, 2.45) is 0 Å². The van der Waals surface area contributed by atoms with Gasteiger partial charge in [0.25, 0.3) is 0 Å². The number of H-pyrrole nitrogens is 1. The van der Waals surface area contributed by atoms with E-state index in [9.17, 15) is 0 Å². The van der Waals surface area contributed by atoms with Gasteiger partial charge in [0.15, 0.2) is 0 Å². The number of nitrogens with zero attached hydrogens (tertiary/aromatic N) is 2. The van der Waals surface area contributed by atoms with Gasteiger partial charge in [-0.1, -0.05) is 18.2 Å². The minimum absolute atomic E-state index is 0.191. The smallest absolute Gasteiger partial charge is 0.226 e. The summed E-state index contributed by atoms with van der Waals surface area (Å²) in [5, 5.41) is 4.32. The Morgan fingerprint density at radius 3 is 2.42 bits per heavy atom. The van der Waals surface area contributed by atoms with Crippen LogP contribution in [0.15, 0.2) is 66.9 Å². The number of anilines is 2. The highest BCUT2D eigenvalue weighted by molar-refractivity contribution is 6.28. The number of benzene rings is 2. The van der Waals surface area contributed by atoms with Gasteiger partial charge in [0.05, 0.1) is 5.39 Å². The fourth-order valence-electron chi connectivity index (χ4n) is 2.38. The van der Waals surface area contributed by atoms with Crippen molar-refractivity contribution in [3.05, 3.63) is 72.1 Å². The topological polar surface area (TPSA) is 62.8 Å². The minimum Gasteiger partial charge on any atom is -0.457 e. The Morgan fingerprint density at radius 2 is 1.62 bits per heavy atom. The van der Waals surface area contributed by atoms with Gasteiger partial charge in [0, 0.05) is 11.9 Å². The van der Waals surface area contributed by atoms with Crippen LogP contribution < -0.4 is 10.1 Å². The first-order valence-corrected chi connectivity index (χ1v) is 7.76. The molecule has 24 heavy (non-hydrogen) atoms. The summed E-state index contributed by atoms with van der Waals surface area (Å²) >= 11 is 5.96. The molecule has 2 heterocycles. The van der Waals surface area contributed by atoms with E-state index in [1.807, 2.05) is 60.7 Å². The summed E-state index contributed by atoms with van der Waals surface area (Å²) < 4.78 is 5.78. The first-order chi connectivity index (χ1) is 11.8. The fraction of sp³-hybridized carbons (Fsp3) is 0. The third-order valence-corrected chi connectivity index (χ3v) is 3.65. The lowest BCUT2D eigenvalue weighted by Crippen LogP contribution is -1.96. The van der Waals surface area contributed by atoms with Crippen molar-refractivity contribution < 1.29 is 4.74 Å². The van der Waals surface area contributed by atoms with Gasteiger partial charge in [-0.25, -0.2) is 0 Å². The van der Waals surface area contributed by atoms with Crippen molar-refractivity contribution in [1.82, 2.24) is 15.0 Å². The number of aromatic nitrogens is 3. The normalized spacial score (nSPS) is 10.7. The zero-order valence-electron chi connectivity index (χ0n) is 12.5. The van der Waals surface area contributed by atoms with Crippen LogP contribution in [0.25, 0.3) is 11.0 Å². The van der Waals surface area contributed by atoms with Gasteiger partial charge in [0.1, 0.15) is 23.0 Å². The van der Waals surface area contributed by atoms with E-state index in [0.29, 0.717) is 11.5 Å². The molecule has 0 aliphatic carbocycles. The number of halogens is 1. The zero-order valence-corrected chi connectivity index (χ0v) is 13.3. The standard InChI is InChI=1S/C18H13ClN4O/c19-18-22-16-15(10-11-20-16)17(23-18)21-12-6-8-14(9-7-12)24-13-4-2-1-3-5-13/h1-11H,(H2,20,21,22,23). The third-order valence-electron chi connectivity index (χ3n) is 3.48. The van der Waals surface area contributed by atoms with Gasteiger partial charge < -0.3 is 15.0 Å². The van der Waals surface area contributed by atoms with Gasteiger partial charge in [0.2, 0.25) is 5.28 Å². The molecule has 0 aliphatic heterocycles. The van der Waals surface area contributed by atoms with Crippen molar-refractivity contribution >= 4 is 34.1 Å². The van der Waals surface area contributed by atoms with Crippen LogP contribution in [0.5, 0.6) is 11.5 Å². The number of aromatic amines is 1. The van der Waals surface area contributed by atoms with Gasteiger partial charge in [-0.3, -0.25) is 0 Å². The van der Waals surface area contributed by atoms with E-state index < -0.39 is 0 Å². The molecule has 0 amide bonds. The molecular weight excluding hydrogens is 324 g/mol. The lowest BCUT2D eigenvalue weighted by atomic mass is 10.3. The summed E-state index contributed by atoms with van der Waals surface area (Å²) in [6, 6.07) is 19.2. The highest BCUT2D eigenvalue weighted by Gasteiger charge is 2.08. The molecule has 0 atom stereocenters. The molecule has 2 aromatic heterocycles. The van der Waals surface area contributed by atoms with Crippen molar-refractivity contribution in [2.45, 2.75) is 0 Å². The molecule has 0 bridgehead atoms. The molecule has 6 heteroatoms. The maximum absolute atomic E-state index is 5.96. The summed E-state index contributed by atoms with van der Waals surface area (Å²) in [7, 11) is 0. The predicted octanol–water partition coefficient (Wildman–Crippen LogP) is 5.15. The molecular formula is C18H13ClN4O. The average molecular weight is 337 g/mol. The molecule has 4 rings (SSSR count). The molecule has 0 unspecified atom stereocenters. The summed E-state index contributed by atoms with van der Waals surface area (Å²) in [6.45, 7) is 0. The first-order valence-electron chi connectivity index (χ1n) is 7.38. The predicted molar refractivity (Wildman–Crippen MR) is 95.1 cm³/mol. The van der Waals surface area contributed by atoms with E-state index in [-0.39, 0.29) is 5.28 Å². The molecule has 2 aromatic carbocycles. The van der Waals surface area contributed by atoms with E-state index in [1.54, 1.807) is 6.20 Å². The van der Waals surface area contributed by atoms with Crippen LogP contribution in [-0.2, 0) is 0 Å². The van der Waals surface area contributed by atoms with E-state index >= 15 is 0 Å². The van der Waals surface area contributed by atoms with Crippen LogP contribution in [0, 0.1) is 0 Å². The van der Waals surface area contributed by atoms with Crippen LogP contribution in [0.1, 0.15) is 0 Å². The number of rotatable bonds is 4. The maximum atomic E-state index is 5.96. The van der Waals surface area contributed by atoms with Crippen LogP contribution in [-0.4, -0.2) is 15.0 Å². The van der Waals surface area contributed by atoms with Crippen molar-refractivity contribution in [1.29, 1.82) is 0 Å². The molecule has 0 fully saturated rings. The van der Waals surface area contributed by atoms with E-state index in [0.717, 1.165) is 22.6 Å². The SMILES string of the molecule is Clc1nc(Nc2ccc(Oc3ccccc3)cc2)c2cc[nH]c2n1. The van der Waals surface area contributed by atoms with Crippen LogP contribution >= 0.6 is 11.6 Å². The van der Waals surface area contributed by atoms with Gasteiger partial charge >= 0.3 is 0 Å². The Hall–Kier alpha value is -3.05. The Bertz CT molecular complexity index is 967. The Labute approximate surface area is 143 Å². The van der Waals surface area contributed by atoms with Crippen molar-refractivity contribution in [3.63, 3.8) is 0 Å². The third kappa shape index (κ3) is 3.02. The second-order valence-electron chi connectivity index (χ2n) is 5.15. The largest absolute Gasteiger partial charge is 0.457 e. The number of hydrogen-bond acceptors (Lipinski definition) is 4. The average Bonchev–Trinajstić information content (AvgIpc) is 3.06. The number of hydrogen-bond donors (Lipinski definition) is 2. The molecule has 0 aliphatic rings. The number of nitrogens with one attached hydrogen (secondary N) is 2. The Balaban J connectivity index is 1.56. The van der Waals surface area contributed by atoms with E-state index in [2.05, 4.69) is 20.3 Å². The molecule has 2 N–H and O–H groups in total. The fourth-order valence-corrected chi connectivity index (χ4v) is 2.55. The molecule has 0 saturated heterocycles. The Kier molecular flexibility index (Phi) is 3.76. The second kappa shape index (κ2) is 6.22. The van der Waals surface area contributed by atoms with Gasteiger partial charge in [-0.05, 0) is 54.1 Å². The van der Waals surface area contributed by atoms with Crippen LogP contribution in [0.4, 0.5) is 11.5 Å². The monoisotopic (exact) mass is 336 g/mol. The molecule has 5 nitrogen and oxygen atoms in total. The molecule has 0 radical (unpaired) electrons. The quantitative estimate of drug-likeness (QED) is 0.506. The van der Waals surface area contributed by atoms with Gasteiger partial charge in [-0.2, -0.15) is 9.97 Å². The number of ether oxygens (including phenoxy) is 1. The highest BCUT2D eigenvalue weighted by atomic mass is 35.5. The van der Waals surface area contributed by atoms with E-state index in [1.165, 1.54) is 0 Å². The molecule has 0 spiro atoms. The summed E-state index contributed by atoms with van der Waals surface area (Å²) in [6.07, 6.45) is 1.80. The lowest BCUT2D eigenvalue weighted by Gasteiger charge is -2.09. The van der Waals surface area contributed by atoms with Gasteiger partial charge in [-0.15, -0.1) is 0 Å². The molecule has 118 valence electrons. The first kappa shape index (κ1) is 14.5. The maximum Gasteiger partial charge on any atom is 0.226 e. The summed E-state index contributed by atoms with van der Waals surface area (Å²) in [4.78, 5) is 11.4.